The Morgan fingerprint density at radius 2 is 1.92 bits per heavy atom. The van der Waals surface area contributed by atoms with Crippen molar-refractivity contribution in [3.8, 4) is 11.4 Å². The molecule has 26 heavy (non-hydrogen) atoms. The van der Waals surface area contributed by atoms with Gasteiger partial charge in [-0.15, -0.1) is 0 Å². The van der Waals surface area contributed by atoms with E-state index in [4.69, 9.17) is 9.84 Å². The van der Waals surface area contributed by atoms with Crippen LogP contribution in [0.3, 0.4) is 0 Å². The van der Waals surface area contributed by atoms with Crippen molar-refractivity contribution in [2.45, 2.75) is 18.7 Å². The lowest BCUT2D eigenvalue weighted by atomic mass is 10.3. The summed E-state index contributed by atoms with van der Waals surface area (Å²) in [6, 6.07) is 5.22. The summed E-state index contributed by atoms with van der Waals surface area (Å²) in [6.45, 7) is 4.07. The lowest BCUT2D eigenvalue weighted by Crippen LogP contribution is -2.30. The quantitative estimate of drug-likeness (QED) is 0.759. The lowest BCUT2D eigenvalue weighted by Gasteiger charge is -2.19. The van der Waals surface area contributed by atoms with Crippen LogP contribution in [-0.4, -0.2) is 53.8 Å². The molecule has 9 nitrogen and oxygen atoms in total. The van der Waals surface area contributed by atoms with Crippen LogP contribution in [-0.2, 0) is 10.0 Å². The van der Waals surface area contributed by atoms with Gasteiger partial charge in [0.05, 0.1) is 12.0 Å². The molecule has 0 atom stereocenters. The molecule has 0 radical (unpaired) electrons. The predicted molar refractivity (Wildman–Crippen MR) is 93.5 cm³/mol. The van der Waals surface area contributed by atoms with Crippen molar-refractivity contribution in [2.75, 3.05) is 20.2 Å². The summed E-state index contributed by atoms with van der Waals surface area (Å²) >= 11 is 0. The van der Waals surface area contributed by atoms with Crippen molar-refractivity contribution in [1.29, 1.82) is 0 Å². The summed E-state index contributed by atoms with van der Waals surface area (Å²) < 4.78 is 33.0. The van der Waals surface area contributed by atoms with Gasteiger partial charge in [0.25, 0.3) is 0 Å². The van der Waals surface area contributed by atoms with Gasteiger partial charge in [-0.25, -0.2) is 17.9 Å². The Labute approximate surface area is 150 Å². The number of rotatable bonds is 7. The van der Waals surface area contributed by atoms with E-state index in [9.17, 15) is 18.0 Å². The number of nitrogens with zero attached hydrogens (tertiary/aromatic N) is 3. The van der Waals surface area contributed by atoms with E-state index in [2.05, 4.69) is 5.10 Å². The van der Waals surface area contributed by atoms with Crippen molar-refractivity contribution in [1.82, 2.24) is 14.1 Å². The molecule has 0 unspecified atom stereocenters. The highest BCUT2D eigenvalue weighted by Crippen LogP contribution is 2.27. The monoisotopic (exact) mass is 381 g/mol. The minimum absolute atomic E-state index is 0.00868. The van der Waals surface area contributed by atoms with Crippen LogP contribution >= 0.6 is 0 Å². The molecule has 140 valence electrons. The third kappa shape index (κ3) is 3.60. The van der Waals surface area contributed by atoms with Gasteiger partial charge in [0.1, 0.15) is 11.4 Å². The Kier molecular flexibility index (Phi) is 5.78. The molecule has 1 aromatic carbocycles. The first-order valence-corrected chi connectivity index (χ1v) is 9.22. The number of aromatic carboxylic acids is 1. The zero-order valence-electron chi connectivity index (χ0n) is 14.5. The fourth-order valence-electron chi connectivity index (χ4n) is 2.41. The Hall–Kier alpha value is -2.72. The van der Waals surface area contributed by atoms with Crippen molar-refractivity contribution in [3.05, 3.63) is 46.4 Å². The molecule has 1 aromatic heterocycles. The number of aromatic nitrogens is 2. The number of benzene rings is 1. The van der Waals surface area contributed by atoms with Gasteiger partial charge in [-0.05, 0) is 18.2 Å². The smallest absolute Gasteiger partial charge is 0.360 e. The first-order chi connectivity index (χ1) is 12.3. The van der Waals surface area contributed by atoms with Crippen molar-refractivity contribution < 1.29 is 23.1 Å². The standard InChI is InChI=1S/C16H19N3O6S/c1-4-18(5-2)26(23,24)11-6-7-14(25-3)12(10-11)19-9-8-13(20)15(17-19)16(21)22/h6-10H,4-5H2,1-3H3,(H,21,22). The van der Waals surface area contributed by atoms with E-state index in [1.165, 1.54) is 35.8 Å². The molecule has 0 amide bonds. The van der Waals surface area contributed by atoms with Crippen LogP contribution in [0.5, 0.6) is 5.75 Å². The fourth-order valence-corrected chi connectivity index (χ4v) is 3.89. The Bertz CT molecular complexity index is 980. The Morgan fingerprint density at radius 1 is 1.27 bits per heavy atom. The zero-order chi connectivity index (χ0) is 19.5. The topological polar surface area (TPSA) is 119 Å². The summed E-state index contributed by atoms with van der Waals surface area (Å²) in [5.74, 6) is -1.20. The number of carboxylic acids is 1. The maximum absolute atomic E-state index is 12.7. The Balaban J connectivity index is 2.68. The molecule has 1 N–H and O–H groups in total. The maximum atomic E-state index is 12.7. The molecule has 2 aromatic rings. The second-order valence-corrected chi connectivity index (χ2v) is 7.14. The highest BCUT2D eigenvalue weighted by atomic mass is 32.2. The fraction of sp³-hybridized carbons (Fsp3) is 0.312. The molecular weight excluding hydrogens is 362 g/mol. The number of hydrogen-bond acceptors (Lipinski definition) is 6. The molecular formula is C16H19N3O6S. The summed E-state index contributed by atoms with van der Waals surface area (Å²) in [4.78, 5) is 22.8. The molecule has 0 saturated carbocycles. The van der Waals surface area contributed by atoms with Crippen LogP contribution < -0.4 is 10.2 Å². The molecule has 1 heterocycles. The number of methoxy groups -OCH3 is 1. The predicted octanol–water partition coefficient (Wildman–Crippen LogP) is 0.970. The van der Waals surface area contributed by atoms with Gasteiger partial charge in [0.2, 0.25) is 21.1 Å². The Morgan fingerprint density at radius 3 is 2.46 bits per heavy atom. The van der Waals surface area contributed by atoms with Gasteiger partial charge in [0.15, 0.2) is 0 Å². The molecule has 0 spiro atoms. The van der Waals surface area contributed by atoms with E-state index in [0.29, 0.717) is 13.1 Å². The largest absolute Gasteiger partial charge is 0.494 e. The highest BCUT2D eigenvalue weighted by Gasteiger charge is 2.23. The number of sulfonamides is 1. The molecule has 0 aliphatic carbocycles. The zero-order valence-corrected chi connectivity index (χ0v) is 15.4. The van der Waals surface area contributed by atoms with Gasteiger partial charge in [0, 0.05) is 25.4 Å². The van der Waals surface area contributed by atoms with E-state index in [0.717, 1.165) is 10.7 Å². The van der Waals surface area contributed by atoms with Crippen LogP contribution in [0.1, 0.15) is 24.3 Å². The molecule has 0 bridgehead atoms. The normalized spacial score (nSPS) is 11.5. The maximum Gasteiger partial charge on any atom is 0.360 e. The summed E-state index contributed by atoms with van der Waals surface area (Å²) in [7, 11) is -2.35. The van der Waals surface area contributed by atoms with Crippen LogP contribution in [0.25, 0.3) is 5.69 Å². The van der Waals surface area contributed by atoms with Crippen molar-refractivity contribution >= 4 is 16.0 Å². The minimum atomic E-state index is -3.73. The summed E-state index contributed by atoms with van der Waals surface area (Å²) in [5.41, 5.74) is -1.23. The molecule has 10 heteroatoms. The lowest BCUT2D eigenvalue weighted by molar-refractivity contribution is 0.0686. The molecule has 0 aliphatic heterocycles. The third-order valence-corrected chi connectivity index (χ3v) is 5.80. The van der Waals surface area contributed by atoms with Crippen LogP contribution in [0.4, 0.5) is 0 Å². The third-order valence-electron chi connectivity index (χ3n) is 3.75. The van der Waals surface area contributed by atoms with E-state index >= 15 is 0 Å². The number of carboxylic acid groups (broad SMARTS) is 1. The van der Waals surface area contributed by atoms with E-state index < -0.39 is 27.1 Å². The van der Waals surface area contributed by atoms with Crippen LogP contribution in [0.2, 0.25) is 0 Å². The van der Waals surface area contributed by atoms with Crippen LogP contribution in [0, 0.1) is 0 Å². The average molecular weight is 381 g/mol. The minimum Gasteiger partial charge on any atom is -0.494 e. The highest BCUT2D eigenvalue weighted by molar-refractivity contribution is 7.89. The average Bonchev–Trinajstić information content (AvgIpc) is 2.62. The van der Waals surface area contributed by atoms with Crippen LogP contribution in [0.15, 0.2) is 40.2 Å². The second kappa shape index (κ2) is 7.67. The van der Waals surface area contributed by atoms with Gasteiger partial charge < -0.3 is 9.84 Å². The number of hydrogen-bond donors (Lipinski definition) is 1. The van der Waals surface area contributed by atoms with Crippen molar-refractivity contribution in [2.24, 2.45) is 0 Å². The summed E-state index contributed by atoms with van der Waals surface area (Å²) in [6.07, 6.45) is 1.25. The number of carbonyl (C=O) groups is 1. The number of ether oxygens (including phenoxy) is 1. The van der Waals surface area contributed by atoms with Gasteiger partial charge in [-0.3, -0.25) is 4.79 Å². The van der Waals surface area contributed by atoms with E-state index in [1.54, 1.807) is 13.8 Å². The van der Waals surface area contributed by atoms with Gasteiger partial charge in [-0.1, -0.05) is 13.8 Å². The first-order valence-electron chi connectivity index (χ1n) is 7.78. The van der Waals surface area contributed by atoms with E-state index in [1.807, 2.05) is 0 Å². The van der Waals surface area contributed by atoms with E-state index in [-0.39, 0.29) is 16.3 Å². The molecule has 0 aliphatic rings. The molecule has 0 fully saturated rings. The summed E-state index contributed by atoms with van der Waals surface area (Å²) in [5, 5.41) is 12.8. The second-order valence-electron chi connectivity index (χ2n) is 5.20. The van der Waals surface area contributed by atoms with Gasteiger partial charge >= 0.3 is 5.97 Å². The first kappa shape index (κ1) is 19.6. The van der Waals surface area contributed by atoms with Crippen molar-refractivity contribution in [3.63, 3.8) is 0 Å². The molecule has 0 saturated heterocycles. The molecule has 2 rings (SSSR count). The SMILES string of the molecule is CCN(CC)S(=O)(=O)c1ccc(OC)c(-n2ccc(=O)c(C(=O)O)n2)c1. The van der Waals surface area contributed by atoms with Gasteiger partial charge in [-0.2, -0.15) is 9.40 Å².